The topological polar surface area (TPSA) is 92.7 Å². The van der Waals surface area contributed by atoms with Crippen molar-refractivity contribution in [2.75, 3.05) is 5.32 Å². The van der Waals surface area contributed by atoms with E-state index in [9.17, 15) is 9.59 Å². The molecular weight excluding hydrogens is 306 g/mol. The van der Waals surface area contributed by atoms with Crippen molar-refractivity contribution in [1.29, 1.82) is 0 Å². The number of anilines is 1. The molecule has 0 spiro atoms. The molecule has 0 fully saturated rings. The highest BCUT2D eigenvalue weighted by atomic mass is 16.2. The third-order valence-electron chi connectivity index (χ3n) is 3.80. The fourth-order valence-corrected chi connectivity index (χ4v) is 2.41. The Kier molecular flexibility index (Phi) is 3.71. The molecule has 2 aromatic heterocycles. The standard InChI is InChI=1S/C17H19N5O2/c1-17(2,3)12-9-13(20-19-12)18-15(23)14-10-7-5-6-8-11(10)16(24)22(4)21-14/h5-9H,1-4H3,(H2,18,19,20,23). The number of nitrogens with one attached hydrogen (secondary N) is 2. The van der Waals surface area contributed by atoms with Crippen LogP contribution in [0.3, 0.4) is 0 Å². The van der Waals surface area contributed by atoms with E-state index in [1.54, 1.807) is 30.3 Å². The van der Waals surface area contributed by atoms with Crippen molar-refractivity contribution in [3.05, 3.63) is 52.1 Å². The van der Waals surface area contributed by atoms with E-state index in [1.807, 2.05) is 20.8 Å². The number of H-pyrrole nitrogens is 1. The Bertz CT molecular complexity index is 979. The molecule has 1 amide bonds. The van der Waals surface area contributed by atoms with Crippen LogP contribution in [0.4, 0.5) is 5.82 Å². The number of amides is 1. The number of fused-ring (bicyclic) bond motifs is 1. The number of carbonyl (C=O) groups excluding carboxylic acids is 1. The van der Waals surface area contributed by atoms with Crippen molar-refractivity contribution in [1.82, 2.24) is 20.0 Å². The normalized spacial score (nSPS) is 11.7. The Balaban J connectivity index is 1.99. The fraction of sp³-hybridized carbons (Fsp3) is 0.294. The highest BCUT2D eigenvalue weighted by Gasteiger charge is 2.20. The second-order valence-electron chi connectivity index (χ2n) is 6.69. The number of aromatic amines is 1. The summed E-state index contributed by atoms with van der Waals surface area (Å²) in [5.74, 6) is 0.0124. The molecule has 0 saturated carbocycles. The van der Waals surface area contributed by atoms with E-state index in [1.165, 1.54) is 11.7 Å². The van der Waals surface area contributed by atoms with E-state index in [4.69, 9.17) is 0 Å². The van der Waals surface area contributed by atoms with Crippen LogP contribution in [0.1, 0.15) is 37.0 Å². The van der Waals surface area contributed by atoms with Crippen LogP contribution in [-0.4, -0.2) is 25.9 Å². The minimum atomic E-state index is -0.409. The van der Waals surface area contributed by atoms with Gasteiger partial charge in [-0.2, -0.15) is 10.2 Å². The van der Waals surface area contributed by atoms with Crippen LogP contribution in [0.5, 0.6) is 0 Å². The van der Waals surface area contributed by atoms with Crippen molar-refractivity contribution in [2.45, 2.75) is 26.2 Å². The van der Waals surface area contributed by atoms with Gasteiger partial charge in [-0.1, -0.05) is 39.0 Å². The first kappa shape index (κ1) is 15.9. The summed E-state index contributed by atoms with van der Waals surface area (Å²) in [6.07, 6.45) is 0. The molecule has 0 aliphatic rings. The molecule has 1 aromatic carbocycles. The van der Waals surface area contributed by atoms with Crippen LogP contribution in [0.25, 0.3) is 10.8 Å². The number of aryl methyl sites for hydroxylation is 1. The van der Waals surface area contributed by atoms with Crippen LogP contribution in [0.15, 0.2) is 35.1 Å². The van der Waals surface area contributed by atoms with Crippen LogP contribution < -0.4 is 10.9 Å². The van der Waals surface area contributed by atoms with E-state index in [2.05, 4.69) is 20.6 Å². The summed E-state index contributed by atoms with van der Waals surface area (Å²) in [4.78, 5) is 24.7. The first-order chi connectivity index (χ1) is 11.3. The van der Waals surface area contributed by atoms with E-state index in [0.29, 0.717) is 16.6 Å². The Labute approximate surface area is 138 Å². The van der Waals surface area contributed by atoms with E-state index in [0.717, 1.165) is 5.69 Å². The molecule has 2 N–H and O–H groups in total. The van der Waals surface area contributed by atoms with Gasteiger partial charge in [0.2, 0.25) is 0 Å². The van der Waals surface area contributed by atoms with Crippen LogP contribution in [-0.2, 0) is 12.5 Å². The molecule has 3 rings (SSSR count). The van der Waals surface area contributed by atoms with Crippen molar-refractivity contribution >= 4 is 22.5 Å². The van der Waals surface area contributed by atoms with Crippen LogP contribution in [0, 0.1) is 0 Å². The largest absolute Gasteiger partial charge is 0.304 e. The van der Waals surface area contributed by atoms with Crippen molar-refractivity contribution in [3.63, 3.8) is 0 Å². The van der Waals surface area contributed by atoms with Crippen LogP contribution >= 0.6 is 0 Å². The molecule has 24 heavy (non-hydrogen) atoms. The lowest BCUT2D eigenvalue weighted by molar-refractivity contribution is 0.102. The first-order valence-electron chi connectivity index (χ1n) is 7.60. The van der Waals surface area contributed by atoms with Gasteiger partial charge in [0.1, 0.15) is 0 Å². The summed E-state index contributed by atoms with van der Waals surface area (Å²) in [6.45, 7) is 6.15. The number of rotatable bonds is 2. The highest BCUT2D eigenvalue weighted by Crippen LogP contribution is 2.22. The molecular formula is C17H19N5O2. The first-order valence-corrected chi connectivity index (χ1v) is 7.60. The molecule has 0 saturated heterocycles. The van der Waals surface area contributed by atoms with Gasteiger partial charge in [0, 0.05) is 29.6 Å². The molecule has 0 radical (unpaired) electrons. The maximum Gasteiger partial charge on any atom is 0.277 e. The molecule has 7 heteroatoms. The van der Waals surface area contributed by atoms with Crippen molar-refractivity contribution in [2.24, 2.45) is 7.05 Å². The lowest BCUT2D eigenvalue weighted by atomic mass is 9.92. The Morgan fingerprint density at radius 1 is 1.21 bits per heavy atom. The summed E-state index contributed by atoms with van der Waals surface area (Å²) in [7, 11) is 1.53. The Hall–Kier alpha value is -2.96. The zero-order chi connectivity index (χ0) is 17.5. The zero-order valence-electron chi connectivity index (χ0n) is 14.0. The molecule has 0 bridgehead atoms. The average Bonchev–Trinajstić information content (AvgIpc) is 2.99. The molecule has 0 atom stereocenters. The zero-order valence-corrected chi connectivity index (χ0v) is 14.0. The molecule has 0 aliphatic heterocycles. The van der Waals surface area contributed by atoms with Gasteiger partial charge in [-0.3, -0.25) is 14.7 Å². The highest BCUT2D eigenvalue weighted by molar-refractivity contribution is 6.10. The van der Waals surface area contributed by atoms with Crippen LogP contribution in [0.2, 0.25) is 0 Å². The predicted molar refractivity (Wildman–Crippen MR) is 92.2 cm³/mol. The number of hydrogen-bond acceptors (Lipinski definition) is 4. The number of hydrogen-bond donors (Lipinski definition) is 2. The van der Waals surface area contributed by atoms with Crippen molar-refractivity contribution < 1.29 is 4.79 Å². The fourth-order valence-electron chi connectivity index (χ4n) is 2.41. The molecule has 124 valence electrons. The molecule has 7 nitrogen and oxygen atoms in total. The minimum Gasteiger partial charge on any atom is -0.304 e. The van der Waals surface area contributed by atoms with Gasteiger partial charge in [0.05, 0.1) is 5.39 Å². The third kappa shape index (κ3) is 2.80. The SMILES string of the molecule is Cn1nc(C(=O)Nc2cc(C(C)(C)C)[nH]n2)c2ccccc2c1=O. The van der Waals surface area contributed by atoms with Gasteiger partial charge in [-0.25, -0.2) is 4.68 Å². The number of nitrogens with zero attached hydrogens (tertiary/aromatic N) is 3. The number of benzene rings is 1. The average molecular weight is 325 g/mol. The van der Waals surface area contributed by atoms with E-state index < -0.39 is 5.91 Å². The lowest BCUT2D eigenvalue weighted by Gasteiger charge is -2.14. The minimum absolute atomic E-state index is 0.0996. The van der Waals surface area contributed by atoms with Gasteiger partial charge in [0.25, 0.3) is 11.5 Å². The maximum absolute atomic E-state index is 12.6. The summed E-state index contributed by atoms with van der Waals surface area (Å²) in [5, 5.41) is 14.8. The van der Waals surface area contributed by atoms with Gasteiger partial charge < -0.3 is 5.32 Å². The summed E-state index contributed by atoms with van der Waals surface area (Å²) in [5.41, 5.74) is 0.762. The second-order valence-corrected chi connectivity index (χ2v) is 6.69. The summed E-state index contributed by atoms with van der Waals surface area (Å²) >= 11 is 0. The Morgan fingerprint density at radius 3 is 2.50 bits per heavy atom. The maximum atomic E-state index is 12.6. The van der Waals surface area contributed by atoms with Gasteiger partial charge in [-0.05, 0) is 6.07 Å². The Morgan fingerprint density at radius 2 is 1.88 bits per heavy atom. The van der Waals surface area contributed by atoms with E-state index >= 15 is 0 Å². The summed E-state index contributed by atoms with van der Waals surface area (Å²) in [6, 6.07) is 8.72. The predicted octanol–water partition coefficient (Wildman–Crippen LogP) is 2.21. The smallest absolute Gasteiger partial charge is 0.277 e. The molecule has 2 heterocycles. The van der Waals surface area contributed by atoms with Gasteiger partial charge >= 0.3 is 0 Å². The van der Waals surface area contributed by atoms with Gasteiger partial charge in [-0.15, -0.1) is 0 Å². The number of aromatic nitrogens is 4. The number of carbonyl (C=O) groups is 1. The van der Waals surface area contributed by atoms with Crippen molar-refractivity contribution in [3.8, 4) is 0 Å². The molecule has 3 aromatic rings. The lowest BCUT2D eigenvalue weighted by Crippen LogP contribution is -2.25. The van der Waals surface area contributed by atoms with E-state index in [-0.39, 0.29) is 16.7 Å². The molecule has 0 aliphatic carbocycles. The third-order valence-corrected chi connectivity index (χ3v) is 3.80. The monoisotopic (exact) mass is 325 g/mol. The molecule has 0 unspecified atom stereocenters. The quantitative estimate of drug-likeness (QED) is 0.755. The summed E-state index contributed by atoms with van der Waals surface area (Å²) < 4.78 is 1.17. The second kappa shape index (κ2) is 5.59. The van der Waals surface area contributed by atoms with Gasteiger partial charge in [0.15, 0.2) is 11.5 Å².